The van der Waals surface area contributed by atoms with Gasteiger partial charge < -0.3 is 9.84 Å². The molecular formula is C16H19NO2. The molecular weight excluding hydrogens is 238 g/mol. The topological polar surface area (TPSA) is 42.4 Å². The first kappa shape index (κ1) is 13.6. The molecule has 0 saturated heterocycles. The van der Waals surface area contributed by atoms with Gasteiger partial charge >= 0.3 is 0 Å². The van der Waals surface area contributed by atoms with Crippen LogP contribution in [0.2, 0.25) is 0 Å². The van der Waals surface area contributed by atoms with Crippen LogP contribution in [0.4, 0.5) is 0 Å². The average Bonchev–Trinajstić information content (AvgIpc) is 2.47. The van der Waals surface area contributed by atoms with Crippen molar-refractivity contribution in [2.75, 3.05) is 7.11 Å². The molecule has 0 aliphatic carbocycles. The number of hydrogen-bond acceptors (Lipinski definition) is 3. The molecule has 0 aliphatic rings. The number of pyridine rings is 1. The van der Waals surface area contributed by atoms with Gasteiger partial charge in [0.15, 0.2) is 0 Å². The van der Waals surface area contributed by atoms with Crippen molar-refractivity contribution >= 4 is 0 Å². The third-order valence-corrected chi connectivity index (χ3v) is 3.64. The Hall–Kier alpha value is -1.87. The standard InChI is InChI=1S/C16H19NO2/c1-12(13-7-9-14(19-3)10-8-13)16(2,18)15-6-4-5-11-17-15/h4-12,18H,1-3H3/t12-,16+/m0/s1. The Labute approximate surface area is 113 Å². The molecule has 19 heavy (non-hydrogen) atoms. The van der Waals surface area contributed by atoms with Gasteiger partial charge in [0.05, 0.1) is 12.8 Å². The van der Waals surface area contributed by atoms with Gasteiger partial charge in [0, 0.05) is 12.1 Å². The van der Waals surface area contributed by atoms with Crippen molar-refractivity contribution in [1.82, 2.24) is 4.98 Å². The van der Waals surface area contributed by atoms with E-state index in [2.05, 4.69) is 4.98 Å². The van der Waals surface area contributed by atoms with Crippen LogP contribution in [0.5, 0.6) is 5.75 Å². The van der Waals surface area contributed by atoms with Gasteiger partial charge in [-0.15, -0.1) is 0 Å². The normalized spacial score (nSPS) is 15.6. The molecule has 0 aliphatic heterocycles. The highest BCUT2D eigenvalue weighted by molar-refractivity contribution is 5.32. The minimum absolute atomic E-state index is 0.0618. The minimum Gasteiger partial charge on any atom is -0.497 e. The first-order valence-corrected chi connectivity index (χ1v) is 6.33. The zero-order valence-electron chi connectivity index (χ0n) is 11.5. The summed E-state index contributed by atoms with van der Waals surface area (Å²) < 4.78 is 5.14. The Morgan fingerprint density at radius 3 is 2.37 bits per heavy atom. The number of aliphatic hydroxyl groups is 1. The molecule has 1 N–H and O–H groups in total. The molecule has 3 nitrogen and oxygen atoms in total. The van der Waals surface area contributed by atoms with E-state index < -0.39 is 5.60 Å². The Kier molecular flexibility index (Phi) is 3.86. The van der Waals surface area contributed by atoms with Crippen LogP contribution in [0.3, 0.4) is 0 Å². The molecule has 0 unspecified atom stereocenters. The van der Waals surface area contributed by atoms with E-state index in [0.29, 0.717) is 5.69 Å². The maximum atomic E-state index is 10.7. The van der Waals surface area contributed by atoms with Crippen molar-refractivity contribution in [2.24, 2.45) is 0 Å². The van der Waals surface area contributed by atoms with E-state index in [4.69, 9.17) is 4.74 Å². The van der Waals surface area contributed by atoms with Gasteiger partial charge in [0.25, 0.3) is 0 Å². The summed E-state index contributed by atoms with van der Waals surface area (Å²) in [5.74, 6) is 0.752. The maximum absolute atomic E-state index is 10.7. The summed E-state index contributed by atoms with van der Waals surface area (Å²) in [7, 11) is 1.64. The van der Waals surface area contributed by atoms with Gasteiger partial charge in [-0.05, 0) is 36.8 Å². The van der Waals surface area contributed by atoms with Crippen molar-refractivity contribution in [3.05, 3.63) is 59.9 Å². The maximum Gasteiger partial charge on any atom is 0.118 e. The van der Waals surface area contributed by atoms with Crippen LogP contribution in [0.15, 0.2) is 48.7 Å². The van der Waals surface area contributed by atoms with E-state index in [9.17, 15) is 5.11 Å². The monoisotopic (exact) mass is 257 g/mol. The molecule has 0 bridgehead atoms. The van der Waals surface area contributed by atoms with Crippen LogP contribution in [-0.2, 0) is 5.60 Å². The Bertz CT molecular complexity index is 520. The Morgan fingerprint density at radius 2 is 1.84 bits per heavy atom. The fraction of sp³-hybridized carbons (Fsp3) is 0.312. The molecule has 0 fully saturated rings. The summed E-state index contributed by atoms with van der Waals surface area (Å²) in [6.45, 7) is 3.79. The predicted octanol–water partition coefficient (Wildman–Crippen LogP) is 3.10. The van der Waals surface area contributed by atoms with E-state index in [1.54, 1.807) is 20.2 Å². The van der Waals surface area contributed by atoms with E-state index in [1.165, 1.54) is 0 Å². The number of ether oxygens (including phenoxy) is 1. The van der Waals surface area contributed by atoms with Gasteiger partial charge in [0.1, 0.15) is 11.4 Å². The first-order chi connectivity index (χ1) is 9.05. The molecule has 2 rings (SSSR count). The van der Waals surface area contributed by atoms with Gasteiger partial charge in [-0.25, -0.2) is 0 Å². The van der Waals surface area contributed by atoms with Crippen LogP contribution in [0.1, 0.15) is 31.0 Å². The molecule has 2 atom stereocenters. The van der Waals surface area contributed by atoms with Crippen LogP contribution in [0, 0.1) is 0 Å². The molecule has 0 radical (unpaired) electrons. The van der Waals surface area contributed by atoms with Crippen LogP contribution in [0.25, 0.3) is 0 Å². The quantitative estimate of drug-likeness (QED) is 0.915. The minimum atomic E-state index is -1.00. The van der Waals surface area contributed by atoms with Crippen molar-refractivity contribution in [1.29, 1.82) is 0 Å². The highest BCUT2D eigenvalue weighted by Gasteiger charge is 2.32. The van der Waals surface area contributed by atoms with E-state index in [0.717, 1.165) is 11.3 Å². The summed E-state index contributed by atoms with van der Waals surface area (Å²) in [6.07, 6.45) is 1.70. The zero-order chi connectivity index (χ0) is 13.9. The van der Waals surface area contributed by atoms with Gasteiger partial charge in [-0.3, -0.25) is 4.98 Å². The first-order valence-electron chi connectivity index (χ1n) is 6.33. The van der Waals surface area contributed by atoms with Crippen molar-refractivity contribution in [2.45, 2.75) is 25.4 Å². The number of aromatic nitrogens is 1. The molecule has 1 aromatic heterocycles. The second-order valence-electron chi connectivity index (χ2n) is 4.86. The second-order valence-corrected chi connectivity index (χ2v) is 4.86. The molecule has 1 aromatic carbocycles. The lowest BCUT2D eigenvalue weighted by Gasteiger charge is -2.30. The lowest BCUT2D eigenvalue weighted by Crippen LogP contribution is -2.29. The van der Waals surface area contributed by atoms with Gasteiger partial charge in [-0.2, -0.15) is 0 Å². The Balaban J connectivity index is 2.29. The molecule has 100 valence electrons. The largest absolute Gasteiger partial charge is 0.497 e. The molecule has 2 aromatic rings. The molecule has 0 spiro atoms. The van der Waals surface area contributed by atoms with E-state index in [1.807, 2.05) is 49.4 Å². The van der Waals surface area contributed by atoms with Crippen molar-refractivity contribution < 1.29 is 9.84 Å². The lowest BCUT2D eigenvalue weighted by atomic mass is 9.82. The highest BCUT2D eigenvalue weighted by atomic mass is 16.5. The second kappa shape index (κ2) is 5.41. The predicted molar refractivity (Wildman–Crippen MR) is 75.2 cm³/mol. The molecule has 0 saturated carbocycles. The summed E-state index contributed by atoms with van der Waals surface area (Å²) in [6, 6.07) is 13.3. The van der Waals surface area contributed by atoms with Crippen molar-refractivity contribution in [3.8, 4) is 5.75 Å². The fourth-order valence-electron chi connectivity index (χ4n) is 2.10. The van der Waals surface area contributed by atoms with Crippen LogP contribution >= 0.6 is 0 Å². The third-order valence-electron chi connectivity index (χ3n) is 3.64. The lowest BCUT2D eigenvalue weighted by molar-refractivity contribution is 0.0280. The van der Waals surface area contributed by atoms with Crippen LogP contribution < -0.4 is 4.74 Å². The summed E-state index contributed by atoms with van der Waals surface area (Å²) >= 11 is 0. The summed E-state index contributed by atoms with van der Waals surface area (Å²) in [5.41, 5.74) is 0.727. The zero-order valence-corrected chi connectivity index (χ0v) is 11.5. The SMILES string of the molecule is COc1ccc([C@H](C)[C@@](C)(O)c2ccccn2)cc1. The smallest absolute Gasteiger partial charge is 0.118 e. The van der Waals surface area contributed by atoms with E-state index in [-0.39, 0.29) is 5.92 Å². The third kappa shape index (κ3) is 2.76. The van der Waals surface area contributed by atoms with E-state index >= 15 is 0 Å². The van der Waals surface area contributed by atoms with Gasteiger partial charge in [0.2, 0.25) is 0 Å². The highest BCUT2D eigenvalue weighted by Crippen LogP contribution is 2.35. The number of methoxy groups -OCH3 is 1. The number of nitrogens with zero attached hydrogens (tertiary/aromatic N) is 1. The summed E-state index contributed by atoms with van der Waals surface area (Å²) in [5, 5.41) is 10.7. The average molecular weight is 257 g/mol. The molecule has 1 heterocycles. The number of rotatable bonds is 4. The fourth-order valence-corrected chi connectivity index (χ4v) is 2.10. The molecule has 0 amide bonds. The summed E-state index contributed by atoms with van der Waals surface area (Å²) in [4.78, 5) is 4.26. The molecule has 3 heteroatoms. The van der Waals surface area contributed by atoms with Crippen molar-refractivity contribution in [3.63, 3.8) is 0 Å². The van der Waals surface area contributed by atoms with Crippen LogP contribution in [-0.4, -0.2) is 17.2 Å². The number of hydrogen-bond donors (Lipinski definition) is 1. The van der Waals surface area contributed by atoms with Gasteiger partial charge in [-0.1, -0.05) is 25.1 Å². The Morgan fingerprint density at radius 1 is 1.16 bits per heavy atom. The number of benzene rings is 1.